The molecule has 7 nitrogen and oxygen atoms in total. The van der Waals surface area contributed by atoms with E-state index in [1.54, 1.807) is 36.4 Å². The summed E-state index contributed by atoms with van der Waals surface area (Å²) in [6.45, 7) is 1.08. The average Bonchev–Trinajstić information content (AvgIpc) is 3.16. The zero-order valence-electron chi connectivity index (χ0n) is 16.6. The highest BCUT2D eigenvalue weighted by Crippen LogP contribution is 2.30. The van der Waals surface area contributed by atoms with Crippen LogP contribution in [0, 0.1) is 11.3 Å². The Hall–Kier alpha value is -4.31. The molecule has 0 aliphatic rings. The topological polar surface area (TPSA) is 102 Å². The molecule has 0 spiro atoms. The van der Waals surface area contributed by atoms with Crippen LogP contribution in [0.5, 0.6) is 5.75 Å². The van der Waals surface area contributed by atoms with Gasteiger partial charge in [-0.25, -0.2) is 4.79 Å². The number of para-hydroxylation sites is 1. The molecule has 0 unspecified atom stereocenters. The van der Waals surface area contributed by atoms with Gasteiger partial charge in [0, 0.05) is 16.5 Å². The third-order valence-electron chi connectivity index (χ3n) is 4.63. The van der Waals surface area contributed by atoms with Crippen LogP contribution in [-0.2, 0) is 14.3 Å². The molecular formula is C24H18N2O5. The molecule has 1 aromatic heterocycles. The molecule has 1 heterocycles. The van der Waals surface area contributed by atoms with Gasteiger partial charge in [0.25, 0.3) is 5.91 Å². The van der Waals surface area contributed by atoms with Gasteiger partial charge in [0.15, 0.2) is 12.7 Å². The summed E-state index contributed by atoms with van der Waals surface area (Å²) >= 11 is 0. The zero-order valence-corrected chi connectivity index (χ0v) is 16.6. The first-order chi connectivity index (χ1) is 15.0. The van der Waals surface area contributed by atoms with Crippen LogP contribution in [0.3, 0.4) is 0 Å². The number of nitrogens with zero attached hydrogens (tertiary/aromatic N) is 1. The van der Waals surface area contributed by atoms with Crippen LogP contribution >= 0.6 is 0 Å². The minimum Gasteiger partial charge on any atom is -0.479 e. The SMILES string of the molecule is C[C@@H](Oc1ccc(C#N)cc1)C(=O)OCC(=O)Nc1ccc2oc3ccccc3c2c1. The predicted molar refractivity (Wildman–Crippen MR) is 115 cm³/mol. The molecule has 31 heavy (non-hydrogen) atoms. The Kier molecular flexibility index (Phi) is 5.54. The van der Waals surface area contributed by atoms with Crippen LogP contribution in [0.15, 0.2) is 71.1 Å². The largest absolute Gasteiger partial charge is 0.479 e. The maximum atomic E-state index is 12.2. The maximum Gasteiger partial charge on any atom is 0.347 e. The number of hydrogen-bond donors (Lipinski definition) is 1. The second-order valence-electron chi connectivity index (χ2n) is 6.86. The van der Waals surface area contributed by atoms with Gasteiger partial charge in [-0.2, -0.15) is 5.26 Å². The summed E-state index contributed by atoms with van der Waals surface area (Å²) in [6.07, 6.45) is -0.908. The van der Waals surface area contributed by atoms with E-state index < -0.39 is 24.6 Å². The number of furan rings is 1. The van der Waals surface area contributed by atoms with Gasteiger partial charge in [-0.05, 0) is 55.5 Å². The van der Waals surface area contributed by atoms with Crippen molar-refractivity contribution in [3.05, 3.63) is 72.3 Å². The third-order valence-corrected chi connectivity index (χ3v) is 4.63. The summed E-state index contributed by atoms with van der Waals surface area (Å²) in [4.78, 5) is 24.3. The van der Waals surface area contributed by atoms with Gasteiger partial charge in [0.05, 0.1) is 11.6 Å². The standard InChI is InChI=1S/C24H18N2O5/c1-15(30-18-9-6-16(13-25)7-10-18)24(28)29-14-23(27)26-17-8-11-22-20(12-17)19-4-2-3-5-21(19)31-22/h2-12,15H,14H2,1H3,(H,26,27)/t15-/m1/s1. The van der Waals surface area contributed by atoms with Crippen molar-refractivity contribution in [2.45, 2.75) is 13.0 Å². The predicted octanol–water partition coefficient (Wildman–Crippen LogP) is 4.41. The first-order valence-electron chi connectivity index (χ1n) is 9.58. The van der Waals surface area contributed by atoms with E-state index in [0.29, 0.717) is 17.0 Å². The molecule has 0 bridgehead atoms. The average molecular weight is 414 g/mol. The quantitative estimate of drug-likeness (QED) is 0.469. The number of ether oxygens (including phenoxy) is 2. The van der Waals surface area contributed by atoms with Crippen molar-refractivity contribution in [3.63, 3.8) is 0 Å². The summed E-state index contributed by atoms with van der Waals surface area (Å²) < 4.78 is 16.3. The number of carbonyl (C=O) groups excluding carboxylic acids is 2. The molecule has 4 aromatic rings. The normalized spacial score (nSPS) is 11.6. The first-order valence-corrected chi connectivity index (χ1v) is 9.58. The van der Waals surface area contributed by atoms with E-state index in [2.05, 4.69) is 5.32 Å². The molecule has 0 aliphatic heterocycles. The first kappa shape index (κ1) is 20.0. The van der Waals surface area contributed by atoms with Crippen molar-refractivity contribution in [1.29, 1.82) is 5.26 Å². The lowest BCUT2D eigenvalue weighted by Gasteiger charge is -2.14. The van der Waals surface area contributed by atoms with E-state index in [0.717, 1.165) is 21.9 Å². The van der Waals surface area contributed by atoms with E-state index in [4.69, 9.17) is 19.2 Å². The Morgan fingerprint density at radius 2 is 1.77 bits per heavy atom. The molecule has 7 heteroatoms. The van der Waals surface area contributed by atoms with E-state index in [-0.39, 0.29) is 0 Å². The van der Waals surface area contributed by atoms with Crippen LogP contribution in [0.25, 0.3) is 21.9 Å². The highest BCUT2D eigenvalue weighted by molar-refractivity contribution is 6.07. The highest BCUT2D eigenvalue weighted by Gasteiger charge is 2.18. The van der Waals surface area contributed by atoms with Gasteiger partial charge < -0.3 is 19.2 Å². The number of benzene rings is 3. The number of rotatable bonds is 6. The van der Waals surface area contributed by atoms with Crippen molar-refractivity contribution < 1.29 is 23.5 Å². The summed E-state index contributed by atoms with van der Waals surface area (Å²) in [5.41, 5.74) is 2.55. The molecule has 0 fully saturated rings. The van der Waals surface area contributed by atoms with E-state index in [1.807, 2.05) is 36.4 Å². The molecule has 1 amide bonds. The number of carbonyl (C=O) groups is 2. The van der Waals surface area contributed by atoms with Crippen LogP contribution in [0.1, 0.15) is 12.5 Å². The van der Waals surface area contributed by atoms with Gasteiger partial charge in [-0.3, -0.25) is 4.79 Å². The Morgan fingerprint density at radius 1 is 1.03 bits per heavy atom. The second kappa shape index (κ2) is 8.59. The summed E-state index contributed by atoms with van der Waals surface area (Å²) in [7, 11) is 0. The van der Waals surface area contributed by atoms with Gasteiger partial charge >= 0.3 is 5.97 Å². The number of hydrogen-bond acceptors (Lipinski definition) is 6. The summed E-state index contributed by atoms with van der Waals surface area (Å²) in [5, 5.41) is 13.4. The monoisotopic (exact) mass is 414 g/mol. The lowest BCUT2D eigenvalue weighted by Crippen LogP contribution is -2.29. The smallest absolute Gasteiger partial charge is 0.347 e. The molecule has 1 N–H and O–H groups in total. The molecule has 0 saturated heterocycles. The summed E-state index contributed by atoms with van der Waals surface area (Å²) in [6, 6.07) is 21.3. The van der Waals surface area contributed by atoms with Gasteiger partial charge in [0.1, 0.15) is 16.9 Å². The number of anilines is 1. The van der Waals surface area contributed by atoms with Crippen molar-refractivity contribution in [2.24, 2.45) is 0 Å². The molecule has 0 aliphatic carbocycles. The van der Waals surface area contributed by atoms with Crippen molar-refractivity contribution in [2.75, 3.05) is 11.9 Å². The van der Waals surface area contributed by atoms with Crippen molar-refractivity contribution in [3.8, 4) is 11.8 Å². The van der Waals surface area contributed by atoms with Gasteiger partial charge in [0.2, 0.25) is 0 Å². The Labute approximate surface area is 177 Å². The highest BCUT2D eigenvalue weighted by atomic mass is 16.6. The number of nitriles is 1. The fourth-order valence-corrected chi connectivity index (χ4v) is 3.12. The molecular weight excluding hydrogens is 396 g/mol. The molecule has 154 valence electrons. The number of amides is 1. The third kappa shape index (κ3) is 4.49. The Morgan fingerprint density at radius 3 is 2.55 bits per heavy atom. The lowest BCUT2D eigenvalue weighted by molar-refractivity contribution is -0.153. The zero-order chi connectivity index (χ0) is 21.8. The van der Waals surface area contributed by atoms with E-state index >= 15 is 0 Å². The number of nitrogens with one attached hydrogen (secondary N) is 1. The fraction of sp³-hybridized carbons (Fsp3) is 0.125. The molecule has 0 saturated carbocycles. The lowest BCUT2D eigenvalue weighted by atomic mass is 10.1. The van der Waals surface area contributed by atoms with Crippen molar-refractivity contribution >= 4 is 39.5 Å². The van der Waals surface area contributed by atoms with Gasteiger partial charge in [-0.1, -0.05) is 18.2 Å². The fourth-order valence-electron chi connectivity index (χ4n) is 3.12. The Balaban J connectivity index is 1.33. The van der Waals surface area contributed by atoms with Crippen LogP contribution in [0.2, 0.25) is 0 Å². The maximum absolute atomic E-state index is 12.2. The number of fused-ring (bicyclic) bond motifs is 3. The van der Waals surface area contributed by atoms with E-state index in [1.165, 1.54) is 6.92 Å². The summed E-state index contributed by atoms with van der Waals surface area (Å²) in [5.74, 6) is -0.713. The Bertz CT molecular complexity index is 1300. The minimum absolute atomic E-state index is 0.425. The van der Waals surface area contributed by atoms with Crippen LogP contribution in [-0.4, -0.2) is 24.6 Å². The molecule has 3 aromatic carbocycles. The second-order valence-corrected chi connectivity index (χ2v) is 6.86. The molecule has 1 atom stereocenters. The molecule has 4 rings (SSSR count). The molecule has 0 radical (unpaired) electrons. The van der Waals surface area contributed by atoms with Crippen molar-refractivity contribution in [1.82, 2.24) is 0 Å². The van der Waals surface area contributed by atoms with Crippen LogP contribution in [0.4, 0.5) is 5.69 Å². The van der Waals surface area contributed by atoms with Gasteiger partial charge in [-0.15, -0.1) is 0 Å². The minimum atomic E-state index is -0.908. The number of esters is 1. The van der Waals surface area contributed by atoms with Crippen LogP contribution < -0.4 is 10.1 Å². The van der Waals surface area contributed by atoms with E-state index in [9.17, 15) is 9.59 Å².